The van der Waals surface area contributed by atoms with E-state index >= 15 is 0 Å². The lowest BCUT2D eigenvalue weighted by Gasteiger charge is -2.33. The molecule has 0 bridgehead atoms. The number of ketones is 1. The zero-order valence-electron chi connectivity index (χ0n) is 14.1. The zero-order valence-corrected chi connectivity index (χ0v) is 14.9. The molecular formula is C17H18N4O4S. The number of unbranched alkanes of at least 4 members (excludes halogenated alkanes) is 1. The van der Waals surface area contributed by atoms with Crippen LogP contribution in [0.2, 0.25) is 0 Å². The summed E-state index contributed by atoms with van der Waals surface area (Å²) < 4.78 is 26.9. The maximum absolute atomic E-state index is 13.0. The minimum Gasteiger partial charge on any atom is -0.293 e. The van der Waals surface area contributed by atoms with E-state index in [2.05, 4.69) is 15.3 Å². The highest BCUT2D eigenvalue weighted by atomic mass is 32.2. The molecule has 1 aromatic heterocycles. The second-order valence-electron chi connectivity index (χ2n) is 5.79. The van der Waals surface area contributed by atoms with Crippen molar-refractivity contribution in [2.24, 2.45) is 0 Å². The van der Waals surface area contributed by atoms with Gasteiger partial charge in [-0.1, -0.05) is 25.5 Å². The average Bonchev–Trinajstić information content (AvgIpc) is 2.64. The van der Waals surface area contributed by atoms with Gasteiger partial charge in [-0.2, -0.15) is 4.31 Å². The lowest BCUT2D eigenvalue weighted by atomic mass is 10.0. The number of nitrogens with one attached hydrogen (secondary N) is 1. The summed E-state index contributed by atoms with van der Waals surface area (Å²) in [6.07, 6.45) is 4.12. The molecule has 0 saturated carbocycles. The summed E-state index contributed by atoms with van der Waals surface area (Å²) in [5.41, 5.74) is 0.0226. The van der Waals surface area contributed by atoms with E-state index in [-0.39, 0.29) is 23.0 Å². The molecule has 1 aliphatic rings. The average molecular weight is 374 g/mol. The molecule has 9 heteroatoms. The fraction of sp³-hybridized carbons (Fsp3) is 0.294. The molecule has 0 saturated heterocycles. The van der Waals surface area contributed by atoms with Gasteiger partial charge in [0.05, 0.1) is 4.90 Å². The number of anilines is 1. The summed E-state index contributed by atoms with van der Waals surface area (Å²) in [5.74, 6) is -1.31. The predicted octanol–water partition coefficient (Wildman–Crippen LogP) is 1.47. The number of nitrogens with zero attached hydrogens (tertiary/aromatic N) is 3. The quantitative estimate of drug-likeness (QED) is 0.794. The van der Waals surface area contributed by atoms with Gasteiger partial charge in [0.25, 0.3) is 5.91 Å². The fourth-order valence-electron chi connectivity index (χ4n) is 2.79. The Morgan fingerprint density at radius 3 is 2.58 bits per heavy atom. The first kappa shape index (κ1) is 18.2. The number of carbonyl (C=O) groups is 2. The number of carbonyl (C=O) groups excluding carboxylic acids is 2. The minimum atomic E-state index is -3.96. The predicted molar refractivity (Wildman–Crippen MR) is 94.0 cm³/mol. The second-order valence-corrected chi connectivity index (χ2v) is 7.65. The summed E-state index contributed by atoms with van der Waals surface area (Å²) in [5, 5.41) is 2.43. The Balaban J connectivity index is 2.03. The summed E-state index contributed by atoms with van der Waals surface area (Å²) in [6.45, 7) is 1.98. The molecule has 2 heterocycles. The zero-order chi connectivity index (χ0) is 18.7. The van der Waals surface area contributed by atoms with Crippen LogP contribution in [0.1, 0.15) is 30.1 Å². The van der Waals surface area contributed by atoms with E-state index in [4.69, 9.17) is 0 Å². The van der Waals surface area contributed by atoms with Crippen molar-refractivity contribution in [1.82, 2.24) is 14.3 Å². The molecule has 136 valence electrons. The van der Waals surface area contributed by atoms with Crippen LogP contribution < -0.4 is 5.32 Å². The van der Waals surface area contributed by atoms with E-state index in [1.807, 2.05) is 6.92 Å². The number of rotatable bonds is 5. The Bertz CT molecular complexity index is 931. The number of Topliss-reactive ketones (excluding diaryl/α,β-unsaturated/α-hetero) is 1. The van der Waals surface area contributed by atoms with Crippen molar-refractivity contribution >= 4 is 27.7 Å². The number of hydrogen-bond acceptors (Lipinski definition) is 6. The molecule has 1 amide bonds. The smallest absolute Gasteiger partial charge is 0.253 e. The summed E-state index contributed by atoms with van der Waals surface area (Å²) in [4.78, 5) is 33.3. The van der Waals surface area contributed by atoms with Gasteiger partial charge in [0.15, 0.2) is 11.8 Å². The molecule has 0 spiro atoms. The third kappa shape index (κ3) is 3.23. The van der Waals surface area contributed by atoms with Crippen LogP contribution in [-0.2, 0) is 14.8 Å². The van der Waals surface area contributed by atoms with Gasteiger partial charge < -0.3 is 0 Å². The second kappa shape index (κ2) is 7.30. The number of benzene rings is 1. The minimum absolute atomic E-state index is 0.0111. The Morgan fingerprint density at radius 2 is 1.88 bits per heavy atom. The Hall–Kier alpha value is -2.65. The van der Waals surface area contributed by atoms with Gasteiger partial charge in [-0.25, -0.2) is 18.4 Å². The van der Waals surface area contributed by atoms with Gasteiger partial charge >= 0.3 is 0 Å². The summed E-state index contributed by atoms with van der Waals surface area (Å²) in [6, 6.07) is 6.03. The first-order valence-corrected chi connectivity index (χ1v) is 9.63. The molecule has 0 fully saturated rings. The van der Waals surface area contributed by atoms with Gasteiger partial charge in [0.2, 0.25) is 16.0 Å². The Kier molecular flexibility index (Phi) is 5.10. The fourth-order valence-corrected chi connectivity index (χ4v) is 4.58. The van der Waals surface area contributed by atoms with Gasteiger partial charge in [-0.15, -0.1) is 0 Å². The highest BCUT2D eigenvalue weighted by molar-refractivity contribution is 7.89. The van der Waals surface area contributed by atoms with Gasteiger partial charge in [-0.3, -0.25) is 14.9 Å². The standard InChI is InChI=1S/C17H18N4O4S/c1-2-3-11-21-14(16(23)20-17-18-9-6-10-19-17)15(22)12-7-4-5-8-13(12)26(21,24)25/h4-10,14H,2-3,11H2,1H3,(H,18,19,20,23)/t14-/m1/s1. The number of aromatic nitrogens is 2. The Labute approximate surface area is 151 Å². The first-order valence-electron chi connectivity index (χ1n) is 8.19. The molecule has 0 radical (unpaired) electrons. The monoisotopic (exact) mass is 374 g/mol. The molecule has 1 atom stereocenters. The Morgan fingerprint density at radius 1 is 1.19 bits per heavy atom. The normalized spacial score (nSPS) is 19.0. The SMILES string of the molecule is CCCCN1[C@@H](C(=O)Nc2ncccn2)C(=O)c2ccccc2S1(=O)=O. The van der Waals surface area contributed by atoms with Crippen molar-refractivity contribution in [2.45, 2.75) is 30.7 Å². The molecule has 2 aromatic rings. The number of amides is 1. The molecular weight excluding hydrogens is 356 g/mol. The van der Waals surface area contributed by atoms with Gasteiger partial charge in [0.1, 0.15) is 0 Å². The maximum atomic E-state index is 13.0. The van der Waals surface area contributed by atoms with Crippen LogP contribution in [0.5, 0.6) is 0 Å². The lowest BCUT2D eigenvalue weighted by Crippen LogP contribution is -2.55. The lowest BCUT2D eigenvalue weighted by molar-refractivity contribution is -0.118. The molecule has 1 aliphatic heterocycles. The van der Waals surface area contributed by atoms with E-state index < -0.39 is 27.8 Å². The van der Waals surface area contributed by atoms with Gasteiger partial charge in [-0.05, 0) is 24.6 Å². The van der Waals surface area contributed by atoms with Crippen LogP contribution in [0, 0.1) is 0 Å². The van der Waals surface area contributed by atoms with E-state index in [1.54, 1.807) is 18.2 Å². The van der Waals surface area contributed by atoms with Crippen LogP contribution in [0.3, 0.4) is 0 Å². The number of hydrogen-bond donors (Lipinski definition) is 1. The van der Waals surface area contributed by atoms with E-state index in [9.17, 15) is 18.0 Å². The van der Waals surface area contributed by atoms with Crippen molar-refractivity contribution in [3.63, 3.8) is 0 Å². The summed E-state index contributed by atoms with van der Waals surface area (Å²) >= 11 is 0. The van der Waals surface area contributed by atoms with Crippen LogP contribution in [0.4, 0.5) is 5.95 Å². The van der Waals surface area contributed by atoms with E-state index in [0.717, 1.165) is 10.7 Å². The van der Waals surface area contributed by atoms with Crippen molar-refractivity contribution in [3.05, 3.63) is 48.3 Å². The maximum Gasteiger partial charge on any atom is 0.253 e. The largest absolute Gasteiger partial charge is 0.293 e. The van der Waals surface area contributed by atoms with Crippen molar-refractivity contribution in [1.29, 1.82) is 0 Å². The number of sulfonamides is 1. The topological polar surface area (TPSA) is 109 Å². The molecule has 1 N–H and O–H groups in total. The third-order valence-corrected chi connectivity index (χ3v) is 5.98. The first-order chi connectivity index (χ1) is 12.5. The van der Waals surface area contributed by atoms with Gasteiger partial charge in [0, 0.05) is 24.5 Å². The number of fused-ring (bicyclic) bond motifs is 1. The van der Waals surface area contributed by atoms with Crippen LogP contribution in [-0.4, -0.2) is 47.0 Å². The molecule has 3 rings (SSSR count). The molecule has 1 aromatic carbocycles. The highest BCUT2D eigenvalue weighted by Crippen LogP contribution is 2.30. The van der Waals surface area contributed by atoms with Crippen LogP contribution >= 0.6 is 0 Å². The molecule has 26 heavy (non-hydrogen) atoms. The van der Waals surface area contributed by atoms with Crippen LogP contribution in [0.15, 0.2) is 47.6 Å². The van der Waals surface area contributed by atoms with Crippen molar-refractivity contribution < 1.29 is 18.0 Å². The highest BCUT2D eigenvalue weighted by Gasteiger charge is 2.47. The third-order valence-electron chi connectivity index (χ3n) is 4.06. The van der Waals surface area contributed by atoms with E-state index in [0.29, 0.717) is 6.42 Å². The molecule has 8 nitrogen and oxygen atoms in total. The van der Waals surface area contributed by atoms with Crippen LogP contribution in [0.25, 0.3) is 0 Å². The van der Waals surface area contributed by atoms with E-state index in [1.165, 1.54) is 24.5 Å². The summed E-state index contributed by atoms with van der Waals surface area (Å²) in [7, 11) is -3.96. The molecule has 0 unspecified atom stereocenters. The molecule has 0 aliphatic carbocycles. The van der Waals surface area contributed by atoms with Crippen molar-refractivity contribution in [2.75, 3.05) is 11.9 Å². The van der Waals surface area contributed by atoms with Crippen molar-refractivity contribution in [3.8, 4) is 0 Å².